The number of hydrogen-bond donors (Lipinski definition) is 1. The summed E-state index contributed by atoms with van der Waals surface area (Å²) in [6, 6.07) is 14.4. The van der Waals surface area contributed by atoms with Crippen LogP contribution in [0.3, 0.4) is 0 Å². The number of alkyl halides is 3. The predicted molar refractivity (Wildman–Crippen MR) is 111 cm³/mol. The maximum absolute atomic E-state index is 12.9. The van der Waals surface area contributed by atoms with Crippen LogP contribution in [0.1, 0.15) is 22.3 Å². The molecular formula is C23H17ClF3NO3. The van der Waals surface area contributed by atoms with Gasteiger partial charge < -0.3 is 9.72 Å². The number of aromatic amines is 1. The van der Waals surface area contributed by atoms with Gasteiger partial charge in [0.1, 0.15) is 6.61 Å². The number of rotatable bonds is 6. The molecule has 0 atom stereocenters. The third-order valence-corrected chi connectivity index (χ3v) is 4.63. The molecule has 1 aromatic heterocycles. The van der Waals surface area contributed by atoms with Gasteiger partial charge in [-0.25, -0.2) is 4.79 Å². The fraction of sp³-hybridized carbons (Fsp3) is 0.130. The van der Waals surface area contributed by atoms with Crippen molar-refractivity contribution in [1.29, 1.82) is 0 Å². The third kappa shape index (κ3) is 6.33. The fourth-order valence-electron chi connectivity index (χ4n) is 2.82. The van der Waals surface area contributed by atoms with Crippen molar-refractivity contribution in [3.63, 3.8) is 0 Å². The second-order valence-electron chi connectivity index (χ2n) is 6.70. The molecule has 1 N–H and O–H groups in total. The molecule has 1 heterocycles. The van der Waals surface area contributed by atoms with Crippen molar-refractivity contribution in [2.75, 3.05) is 0 Å². The minimum atomic E-state index is -4.49. The molecule has 160 valence electrons. The van der Waals surface area contributed by atoms with Gasteiger partial charge in [0.05, 0.1) is 5.56 Å². The van der Waals surface area contributed by atoms with Gasteiger partial charge in [-0.1, -0.05) is 41.9 Å². The van der Waals surface area contributed by atoms with Gasteiger partial charge in [0.15, 0.2) is 0 Å². The summed E-state index contributed by atoms with van der Waals surface area (Å²) in [7, 11) is 0. The maximum Gasteiger partial charge on any atom is 0.416 e. The van der Waals surface area contributed by atoms with E-state index in [9.17, 15) is 22.8 Å². The summed E-state index contributed by atoms with van der Waals surface area (Å²) < 4.78 is 43.9. The van der Waals surface area contributed by atoms with Gasteiger partial charge in [-0.05, 0) is 47.5 Å². The van der Waals surface area contributed by atoms with Gasteiger partial charge in [-0.15, -0.1) is 0 Å². The molecule has 0 saturated heterocycles. The normalized spacial score (nSPS) is 11.9. The number of halogens is 4. The molecule has 0 aliphatic rings. The monoisotopic (exact) mass is 447 g/mol. The minimum Gasteiger partial charge on any atom is -0.457 e. The lowest BCUT2D eigenvalue weighted by Gasteiger charge is -2.11. The molecule has 0 amide bonds. The molecule has 3 aromatic rings. The number of pyridine rings is 1. The van der Waals surface area contributed by atoms with E-state index >= 15 is 0 Å². The van der Waals surface area contributed by atoms with E-state index in [-0.39, 0.29) is 29.7 Å². The standard InChI is InChI=1S/C23H17ClF3NO3/c24-20-8-6-15(7-9-20)11-18(13-17-4-2-10-28-21(17)29)22(30)31-14-16-3-1-5-19(12-16)23(25,26)27/h1-12H,13-14H2,(H,28,29)/b18-11-. The Labute approximate surface area is 181 Å². The summed E-state index contributed by atoms with van der Waals surface area (Å²) in [6.45, 7) is -0.341. The lowest BCUT2D eigenvalue weighted by atomic mass is 10.0. The van der Waals surface area contributed by atoms with E-state index in [2.05, 4.69) is 4.98 Å². The Bertz CT molecular complexity index is 1150. The van der Waals surface area contributed by atoms with Crippen molar-refractivity contribution in [1.82, 2.24) is 4.98 Å². The number of benzene rings is 2. The summed E-state index contributed by atoms with van der Waals surface area (Å²) in [5.74, 6) is -0.740. The van der Waals surface area contributed by atoms with Crippen LogP contribution in [0.2, 0.25) is 5.02 Å². The second-order valence-corrected chi connectivity index (χ2v) is 7.13. The van der Waals surface area contributed by atoms with E-state index in [1.54, 1.807) is 42.5 Å². The average Bonchev–Trinajstić information content (AvgIpc) is 2.74. The number of aromatic nitrogens is 1. The SMILES string of the molecule is O=C(OCc1cccc(C(F)(F)F)c1)/C(=C\c1ccc(Cl)cc1)Cc1ccc[nH]c1=O. The Morgan fingerprint density at radius 3 is 2.48 bits per heavy atom. The van der Waals surface area contributed by atoms with E-state index in [4.69, 9.17) is 16.3 Å². The Kier molecular flexibility index (Phi) is 6.97. The number of nitrogens with one attached hydrogen (secondary N) is 1. The Hall–Kier alpha value is -3.32. The van der Waals surface area contributed by atoms with E-state index in [0.29, 0.717) is 16.1 Å². The minimum absolute atomic E-state index is 0.0137. The van der Waals surface area contributed by atoms with E-state index < -0.39 is 17.7 Å². The lowest BCUT2D eigenvalue weighted by Crippen LogP contribution is -2.16. The van der Waals surface area contributed by atoms with Crippen LogP contribution in [0, 0.1) is 0 Å². The first-order chi connectivity index (χ1) is 14.7. The Morgan fingerprint density at radius 1 is 1.06 bits per heavy atom. The van der Waals surface area contributed by atoms with Crippen LogP contribution in [0.5, 0.6) is 0 Å². The van der Waals surface area contributed by atoms with Crippen LogP contribution >= 0.6 is 11.6 Å². The van der Waals surface area contributed by atoms with Crippen molar-refractivity contribution in [3.05, 3.63) is 110 Å². The van der Waals surface area contributed by atoms with Crippen LogP contribution in [0.4, 0.5) is 13.2 Å². The zero-order valence-electron chi connectivity index (χ0n) is 16.1. The molecule has 3 rings (SSSR count). The largest absolute Gasteiger partial charge is 0.457 e. The smallest absolute Gasteiger partial charge is 0.416 e. The zero-order chi connectivity index (χ0) is 22.4. The lowest BCUT2D eigenvalue weighted by molar-refractivity contribution is -0.140. The van der Waals surface area contributed by atoms with Crippen molar-refractivity contribution < 1.29 is 22.7 Å². The van der Waals surface area contributed by atoms with Crippen molar-refractivity contribution in [2.24, 2.45) is 0 Å². The fourth-order valence-corrected chi connectivity index (χ4v) is 2.95. The highest BCUT2D eigenvalue weighted by molar-refractivity contribution is 6.30. The van der Waals surface area contributed by atoms with E-state index in [0.717, 1.165) is 12.1 Å². The summed E-state index contributed by atoms with van der Waals surface area (Å²) in [5.41, 5.74) is 0.197. The molecule has 4 nitrogen and oxygen atoms in total. The van der Waals surface area contributed by atoms with Crippen LogP contribution in [0.15, 0.2) is 77.2 Å². The van der Waals surface area contributed by atoms with Gasteiger partial charge in [0.2, 0.25) is 0 Å². The number of carbonyl (C=O) groups excluding carboxylic acids is 1. The molecule has 0 aliphatic heterocycles. The van der Waals surface area contributed by atoms with E-state index in [1.165, 1.54) is 18.3 Å². The first-order valence-corrected chi connectivity index (χ1v) is 9.56. The van der Waals surface area contributed by atoms with Crippen LogP contribution in [0.25, 0.3) is 6.08 Å². The molecule has 31 heavy (non-hydrogen) atoms. The Morgan fingerprint density at radius 2 is 1.81 bits per heavy atom. The molecule has 0 spiro atoms. The zero-order valence-corrected chi connectivity index (χ0v) is 16.8. The number of carbonyl (C=O) groups is 1. The molecule has 0 fully saturated rings. The van der Waals surface area contributed by atoms with Crippen LogP contribution < -0.4 is 5.56 Å². The first-order valence-electron chi connectivity index (χ1n) is 9.18. The molecule has 8 heteroatoms. The molecular weight excluding hydrogens is 431 g/mol. The van der Waals surface area contributed by atoms with Gasteiger partial charge in [0.25, 0.3) is 5.56 Å². The number of ether oxygens (including phenoxy) is 1. The first kappa shape index (κ1) is 22.4. The molecule has 2 aromatic carbocycles. The quantitative estimate of drug-likeness (QED) is 0.405. The molecule has 0 aliphatic carbocycles. The number of H-pyrrole nitrogens is 1. The van der Waals surface area contributed by atoms with Gasteiger partial charge >= 0.3 is 12.1 Å². The van der Waals surface area contributed by atoms with Crippen molar-refractivity contribution in [3.8, 4) is 0 Å². The van der Waals surface area contributed by atoms with Crippen LogP contribution in [-0.4, -0.2) is 11.0 Å². The summed E-state index contributed by atoms with van der Waals surface area (Å²) in [5, 5.41) is 0.519. The van der Waals surface area contributed by atoms with E-state index in [1.807, 2.05) is 0 Å². The molecule has 0 bridgehead atoms. The van der Waals surface area contributed by atoms with Gasteiger partial charge in [-0.2, -0.15) is 13.2 Å². The Balaban J connectivity index is 1.83. The van der Waals surface area contributed by atoms with Gasteiger partial charge in [0, 0.05) is 28.8 Å². The highest BCUT2D eigenvalue weighted by atomic mass is 35.5. The molecule has 0 saturated carbocycles. The highest BCUT2D eigenvalue weighted by Gasteiger charge is 2.30. The summed E-state index contributed by atoms with van der Waals surface area (Å²) >= 11 is 5.89. The topological polar surface area (TPSA) is 59.2 Å². The molecule has 0 unspecified atom stereocenters. The summed E-state index contributed by atoms with van der Waals surface area (Å²) in [4.78, 5) is 27.3. The second kappa shape index (κ2) is 9.66. The van der Waals surface area contributed by atoms with Crippen LogP contribution in [-0.2, 0) is 28.7 Å². The van der Waals surface area contributed by atoms with Gasteiger partial charge in [-0.3, -0.25) is 4.79 Å². The summed E-state index contributed by atoms with van der Waals surface area (Å²) in [6.07, 6.45) is -1.48. The van der Waals surface area contributed by atoms with Crippen molar-refractivity contribution in [2.45, 2.75) is 19.2 Å². The molecule has 0 radical (unpaired) electrons. The number of esters is 1. The predicted octanol–water partition coefficient (Wildman–Crippen LogP) is 5.42. The number of hydrogen-bond acceptors (Lipinski definition) is 3. The van der Waals surface area contributed by atoms with Crippen molar-refractivity contribution >= 4 is 23.6 Å². The average molecular weight is 448 g/mol. The maximum atomic E-state index is 12.9. The third-order valence-electron chi connectivity index (χ3n) is 4.38. The highest BCUT2D eigenvalue weighted by Crippen LogP contribution is 2.29.